The Balaban J connectivity index is 0.00000106. The smallest absolute Gasteiger partial charge is 0.354 e. The average molecular weight is 229 g/mol. The van der Waals surface area contributed by atoms with E-state index in [0.717, 1.165) is 0 Å². The number of carboxylic acid groups (broad SMARTS) is 1. The van der Waals surface area contributed by atoms with Crippen molar-refractivity contribution < 1.29 is 19.4 Å². The fourth-order valence-electron chi connectivity index (χ4n) is 0.844. The number of nitrogens with two attached hydrogens (primary N) is 2. The molecule has 0 unspecified atom stereocenters. The van der Waals surface area contributed by atoms with E-state index in [-0.39, 0.29) is 5.69 Å². The number of nitrogens with zero attached hydrogens (tertiary/aromatic N) is 1. The maximum Gasteiger partial charge on any atom is 0.354 e. The third kappa shape index (κ3) is 5.25. The lowest BCUT2D eigenvalue weighted by molar-refractivity contribution is 0.0688. The van der Waals surface area contributed by atoms with Crippen molar-refractivity contribution >= 4 is 5.97 Å². The molecule has 1 rings (SSSR count). The van der Waals surface area contributed by atoms with Crippen LogP contribution in [-0.2, 0) is 4.74 Å². The zero-order valence-corrected chi connectivity index (χ0v) is 8.92. The molecule has 5 N–H and O–H groups in total. The van der Waals surface area contributed by atoms with Crippen LogP contribution >= 0.6 is 0 Å². The van der Waals surface area contributed by atoms with Gasteiger partial charge >= 0.3 is 5.97 Å². The maximum absolute atomic E-state index is 10.5. The molecule has 0 spiro atoms. The van der Waals surface area contributed by atoms with Gasteiger partial charge in [0.1, 0.15) is 6.61 Å². The van der Waals surface area contributed by atoms with Gasteiger partial charge < -0.3 is 14.6 Å². The molecule has 16 heavy (non-hydrogen) atoms. The fourth-order valence-corrected chi connectivity index (χ4v) is 0.844. The van der Waals surface area contributed by atoms with Crippen molar-refractivity contribution in [2.75, 3.05) is 20.3 Å². The molecule has 0 amide bonds. The summed E-state index contributed by atoms with van der Waals surface area (Å²) in [6.45, 7) is 0.797. The molecule has 0 aliphatic heterocycles. The van der Waals surface area contributed by atoms with Crippen molar-refractivity contribution in [2.24, 2.45) is 11.7 Å². The second-order valence-electron chi connectivity index (χ2n) is 2.51. The van der Waals surface area contributed by atoms with Gasteiger partial charge in [0, 0.05) is 13.2 Å². The van der Waals surface area contributed by atoms with Crippen LogP contribution in [0.2, 0.25) is 0 Å². The van der Waals surface area contributed by atoms with Gasteiger partial charge in [-0.1, -0.05) is 6.07 Å². The van der Waals surface area contributed by atoms with Gasteiger partial charge in [0.2, 0.25) is 5.88 Å². The summed E-state index contributed by atoms with van der Waals surface area (Å²) in [5.41, 5.74) is -0.0279. The third-order valence-electron chi connectivity index (χ3n) is 1.48. The van der Waals surface area contributed by atoms with E-state index in [2.05, 4.69) is 16.7 Å². The molecule has 0 atom stereocenters. The summed E-state index contributed by atoms with van der Waals surface area (Å²) in [6.07, 6.45) is 0. The normalized spacial score (nSPS) is 8.94. The molecule has 1 heterocycles. The summed E-state index contributed by atoms with van der Waals surface area (Å²) >= 11 is 0. The molecule has 1 aromatic heterocycles. The number of ether oxygens (including phenoxy) is 2. The first kappa shape index (κ1) is 14.3. The van der Waals surface area contributed by atoms with E-state index in [1.807, 2.05) is 0 Å². The molecule has 0 aromatic carbocycles. The molecule has 1 aromatic rings. The molecule has 0 bridgehead atoms. The Morgan fingerprint density at radius 2 is 2.12 bits per heavy atom. The van der Waals surface area contributed by atoms with Crippen LogP contribution in [0.15, 0.2) is 18.2 Å². The Morgan fingerprint density at radius 3 is 2.69 bits per heavy atom. The Hall–Kier alpha value is -1.70. The first-order chi connectivity index (χ1) is 7.74. The first-order valence-corrected chi connectivity index (χ1v) is 4.39. The predicted octanol–water partition coefficient (Wildman–Crippen LogP) is -0.376. The van der Waals surface area contributed by atoms with Gasteiger partial charge in [-0.15, -0.1) is 0 Å². The number of hydrazine groups is 1. The second-order valence-corrected chi connectivity index (χ2v) is 2.51. The number of carboxylic acids is 1. The second kappa shape index (κ2) is 8.60. The highest BCUT2D eigenvalue weighted by Gasteiger charge is 2.04. The highest BCUT2D eigenvalue weighted by Crippen LogP contribution is 2.07. The van der Waals surface area contributed by atoms with Gasteiger partial charge in [-0.3, -0.25) is 11.7 Å². The molecular weight excluding hydrogens is 214 g/mol. The van der Waals surface area contributed by atoms with Crippen LogP contribution in [0.3, 0.4) is 0 Å². The monoisotopic (exact) mass is 229 g/mol. The van der Waals surface area contributed by atoms with Crippen molar-refractivity contribution in [1.29, 1.82) is 0 Å². The summed E-state index contributed by atoms with van der Waals surface area (Å²) in [5.74, 6) is 7.23. The van der Waals surface area contributed by atoms with E-state index in [9.17, 15) is 4.79 Å². The number of aromatic nitrogens is 1. The van der Waals surface area contributed by atoms with Crippen molar-refractivity contribution in [3.63, 3.8) is 0 Å². The van der Waals surface area contributed by atoms with Gasteiger partial charge in [-0.2, -0.15) is 0 Å². The molecule has 90 valence electrons. The summed E-state index contributed by atoms with van der Waals surface area (Å²) < 4.78 is 9.91. The Morgan fingerprint density at radius 1 is 1.44 bits per heavy atom. The molecule has 0 fully saturated rings. The van der Waals surface area contributed by atoms with Crippen LogP contribution in [0.25, 0.3) is 0 Å². The summed E-state index contributed by atoms with van der Waals surface area (Å²) in [5, 5.41) is 8.64. The molecule has 0 aliphatic rings. The molecule has 7 heteroatoms. The SMILES string of the molecule is COCCOc1cccc(C(=O)O)n1.NN. The number of methoxy groups -OCH3 is 1. The lowest BCUT2D eigenvalue weighted by Gasteiger charge is -2.04. The van der Waals surface area contributed by atoms with Crippen molar-refractivity contribution in [1.82, 2.24) is 4.98 Å². The predicted molar refractivity (Wildman–Crippen MR) is 56.9 cm³/mol. The summed E-state index contributed by atoms with van der Waals surface area (Å²) in [7, 11) is 1.56. The van der Waals surface area contributed by atoms with E-state index >= 15 is 0 Å². The largest absolute Gasteiger partial charge is 0.477 e. The van der Waals surface area contributed by atoms with Crippen LogP contribution in [0.1, 0.15) is 10.5 Å². The van der Waals surface area contributed by atoms with Crippen molar-refractivity contribution in [3.8, 4) is 5.88 Å². The van der Waals surface area contributed by atoms with E-state index < -0.39 is 5.97 Å². The number of hydrogen-bond donors (Lipinski definition) is 3. The quantitative estimate of drug-likeness (QED) is 0.357. The standard InChI is InChI=1S/C9H11NO4.H4N2/c1-13-5-6-14-8-4-2-3-7(10-8)9(11)12;1-2/h2-4H,5-6H2,1H3,(H,11,12);1-2H2. The molecule has 0 saturated heterocycles. The highest BCUT2D eigenvalue weighted by atomic mass is 16.5. The van der Waals surface area contributed by atoms with E-state index in [4.69, 9.17) is 14.6 Å². The summed E-state index contributed by atoms with van der Waals surface area (Å²) in [6, 6.07) is 4.59. The Labute approximate surface area is 92.9 Å². The Bertz CT molecular complexity index is 319. The van der Waals surface area contributed by atoms with Crippen LogP contribution in [0, 0.1) is 0 Å². The van der Waals surface area contributed by atoms with E-state index in [0.29, 0.717) is 19.1 Å². The summed E-state index contributed by atoms with van der Waals surface area (Å²) in [4.78, 5) is 14.3. The Kier molecular flexibility index (Phi) is 7.68. The number of aromatic carboxylic acids is 1. The average Bonchev–Trinajstić information content (AvgIpc) is 2.32. The molecular formula is C9H15N3O4. The van der Waals surface area contributed by atoms with E-state index in [1.54, 1.807) is 19.2 Å². The van der Waals surface area contributed by atoms with Gasteiger partial charge in [0.25, 0.3) is 0 Å². The molecule has 0 aliphatic carbocycles. The van der Waals surface area contributed by atoms with Crippen LogP contribution in [0.4, 0.5) is 0 Å². The van der Waals surface area contributed by atoms with Gasteiger partial charge in [-0.25, -0.2) is 9.78 Å². The topological polar surface area (TPSA) is 121 Å². The number of pyridine rings is 1. The highest BCUT2D eigenvalue weighted by molar-refractivity contribution is 5.85. The number of hydrogen-bond acceptors (Lipinski definition) is 6. The van der Waals surface area contributed by atoms with Crippen LogP contribution in [0.5, 0.6) is 5.88 Å². The molecule has 0 radical (unpaired) electrons. The third-order valence-corrected chi connectivity index (χ3v) is 1.48. The molecule has 0 saturated carbocycles. The minimum atomic E-state index is -1.07. The van der Waals surface area contributed by atoms with Crippen LogP contribution < -0.4 is 16.4 Å². The molecule has 7 nitrogen and oxygen atoms in total. The van der Waals surface area contributed by atoms with Crippen molar-refractivity contribution in [3.05, 3.63) is 23.9 Å². The zero-order chi connectivity index (χ0) is 12.4. The van der Waals surface area contributed by atoms with E-state index in [1.165, 1.54) is 6.07 Å². The van der Waals surface area contributed by atoms with Gasteiger partial charge in [-0.05, 0) is 6.07 Å². The van der Waals surface area contributed by atoms with Gasteiger partial charge in [0.05, 0.1) is 6.61 Å². The van der Waals surface area contributed by atoms with Crippen molar-refractivity contribution in [2.45, 2.75) is 0 Å². The number of carbonyl (C=O) groups is 1. The number of rotatable bonds is 5. The zero-order valence-electron chi connectivity index (χ0n) is 8.92. The minimum Gasteiger partial charge on any atom is -0.477 e. The minimum absolute atomic E-state index is 0.0279. The maximum atomic E-state index is 10.5. The lowest BCUT2D eigenvalue weighted by Crippen LogP contribution is -2.07. The fraction of sp³-hybridized carbons (Fsp3) is 0.333. The van der Waals surface area contributed by atoms with Crippen LogP contribution in [-0.4, -0.2) is 36.4 Å². The van der Waals surface area contributed by atoms with Gasteiger partial charge in [0.15, 0.2) is 5.69 Å². The lowest BCUT2D eigenvalue weighted by atomic mass is 10.3. The first-order valence-electron chi connectivity index (χ1n) is 4.39.